The lowest BCUT2D eigenvalue weighted by molar-refractivity contribution is 0.116. The Morgan fingerprint density at radius 1 is 1.83 bits per heavy atom. The van der Waals surface area contributed by atoms with Gasteiger partial charge in [-0.15, -0.1) is 0 Å². The Labute approximate surface area is 71.4 Å². The number of nitrogens with zero attached hydrogens (tertiary/aromatic N) is 1. The molecule has 0 aromatic rings. The summed E-state index contributed by atoms with van der Waals surface area (Å²) in [5, 5.41) is 8.75. The summed E-state index contributed by atoms with van der Waals surface area (Å²) in [7, 11) is 0. The molecule has 1 aliphatic rings. The molecule has 0 unspecified atom stereocenters. The molecule has 0 radical (unpaired) electrons. The van der Waals surface area contributed by atoms with E-state index in [0.717, 1.165) is 5.57 Å². The molecule has 4 nitrogen and oxygen atoms in total. The highest BCUT2D eigenvalue weighted by atomic mass is 16.6. The van der Waals surface area contributed by atoms with Crippen molar-refractivity contribution in [3.8, 4) is 0 Å². The number of carbonyl (C=O) groups is 1. The van der Waals surface area contributed by atoms with E-state index in [1.165, 1.54) is 0 Å². The van der Waals surface area contributed by atoms with Gasteiger partial charge in [-0.2, -0.15) is 0 Å². The van der Waals surface area contributed by atoms with Crippen LogP contribution >= 0.6 is 0 Å². The van der Waals surface area contributed by atoms with Crippen molar-refractivity contribution in [1.82, 2.24) is 4.90 Å². The standard InChI is InChI=1S/C8H13NO3/c1-2-12-8(11)9-4-3-7(5-9)6-10/h3,10H,2,4-6H2,1H3. The van der Waals surface area contributed by atoms with Gasteiger partial charge in [0.2, 0.25) is 0 Å². The van der Waals surface area contributed by atoms with Gasteiger partial charge in [-0.25, -0.2) is 4.79 Å². The number of amides is 1. The summed E-state index contributed by atoms with van der Waals surface area (Å²) in [6, 6.07) is 0. The smallest absolute Gasteiger partial charge is 0.410 e. The average Bonchev–Trinajstić information content (AvgIpc) is 2.52. The van der Waals surface area contributed by atoms with Gasteiger partial charge in [0, 0.05) is 13.1 Å². The van der Waals surface area contributed by atoms with Gasteiger partial charge >= 0.3 is 6.09 Å². The van der Waals surface area contributed by atoms with E-state index in [-0.39, 0.29) is 12.7 Å². The van der Waals surface area contributed by atoms with Crippen LogP contribution < -0.4 is 0 Å². The van der Waals surface area contributed by atoms with Crippen molar-refractivity contribution >= 4 is 6.09 Å². The van der Waals surface area contributed by atoms with Crippen LogP contribution in [0, 0.1) is 0 Å². The summed E-state index contributed by atoms with van der Waals surface area (Å²) in [6.07, 6.45) is 1.54. The first-order valence-electron chi connectivity index (χ1n) is 3.98. The Balaban J connectivity index is 2.35. The van der Waals surface area contributed by atoms with Crippen LogP contribution in [0.5, 0.6) is 0 Å². The first-order valence-corrected chi connectivity index (χ1v) is 3.98. The molecule has 1 aliphatic heterocycles. The minimum Gasteiger partial charge on any atom is -0.450 e. The molecule has 0 aromatic carbocycles. The highest BCUT2D eigenvalue weighted by Gasteiger charge is 2.19. The minimum atomic E-state index is -0.308. The predicted molar refractivity (Wildman–Crippen MR) is 43.8 cm³/mol. The Morgan fingerprint density at radius 3 is 3.08 bits per heavy atom. The maximum absolute atomic E-state index is 11.1. The molecule has 0 saturated carbocycles. The molecule has 4 heteroatoms. The van der Waals surface area contributed by atoms with Crippen LogP contribution in [-0.2, 0) is 4.74 Å². The van der Waals surface area contributed by atoms with E-state index in [1.807, 2.05) is 6.08 Å². The monoisotopic (exact) mass is 171 g/mol. The number of aliphatic hydroxyl groups excluding tert-OH is 1. The van der Waals surface area contributed by atoms with Crippen molar-refractivity contribution < 1.29 is 14.6 Å². The minimum absolute atomic E-state index is 0.0237. The molecule has 0 bridgehead atoms. The normalized spacial score (nSPS) is 16.2. The molecule has 1 rings (SSSR count). The molecule has 12 heavy (non-hydrogen) atoms. The molecule has 1 amide bonds. The largest absolute Gasteiger partial charge is 0.450 e. The van der Waals surface area contributed by atoms with Gasteiger partial charge in [0.05, 0.1) is 13.2 Å². The van der Waals surface area contributed by atoms with Crippen molar-refractivity contribution in [1.29, 1.82) is 0 Å². The van der Waals surface area contributed by atoms with Crippen LogP contribution in [0.3, 0.4) is 0 Å². The van der Waals surface area contributed by atoms with E-state index >= 15 is 0 Å². The number of aliphatic hydroxyl groups is 1. The van der Waals surface area contributed by atoms with Crippen LogP contribution in [0.1, 0.15) is 6.92 Å². The molecule has 1 N–H and O–H groups in total. The molecule has 1 heterocycles. The van der Waals surface area contributed by atoms with Crippen molar-refractivity contribution in [3.05, 3.63) is 11.6 Å². The van der Waals surface area contributed by atoms with E-state index in [2.05, 4.69) is 0 Å². The molecule has 68 valence electrons. The van der Waals surface area contributed by atoms with E-state index in [4.69, 9.17) is 9.84 Å². The Bertz CT molecular complexity index is 200. The molecular formula is C8H13NO3. The number of hydrogen-bond donors (Lipinski definition) is 1. The van der Waals surface area contributed by atoms with Crippen LogP contribution in [0.15, 0.2) is 11.6 Å². The SMILES string of the molecule is CCOC(=O)N1CC=C(CO)C1. The zero-order valence-corrected chi connectivity index (χ0v) is 7.12. The van der Waals surface area contributed by atoms with Crippen LogP contribution in [-0.4, -0.2) is 42.4 Å². The first kappa shape index (κ1) is 9.06. The number of hydrogen-bond acceptors (Lipinski definition) is 3. The number of rotatable bonds is 2. The Morgan fingerprint density at radius 2 is 2.58 bits per heavy atom. The van der Waals surface area contributed by atoms with Gasteiger partial charge in [0.25, 0.3) is 0 Å². The molecule has 0 aliphatic carbocycles. The number of carbonyl (C=O) groups excluding carboxylic acids is 1. The van der Waals surface area contributed by atoms with Gasteiger partial charge < -0.3 is 14.7 Å². The summed E-state index contributed by atoms with van der Waals surface area (Å²) < 4.78 is 4.79. The lowest BCUT2D eigenvalue weighted by Gasteiger charge is -2.14. The van der Waals surface area contributed by atoms with E-state index in [9.17, 15) is 4.79 Å². The van der Waals surface area contributed by atoms with Gasteiger partial charge in [0.1, 0.15) is 0 Å². The fraction of sp³-hybridized carbons (Fsp3) is 0.625. The Hall–Kier alpha value is -1.03. The molecule has 0 spiro atoms. The van der Waals surface area contributed by atoms with Crippen LogP contribution in [0.25, 0.3) is 0 Å². The van der Waals surface area contributed by atoms with Crippen LogP contribution in [0.4, 0.5) is 4.79 Å². The predicted octanol–water partition coefficient (Wildman–Crippen LogP) is 0.377. The highest BCUT2D eigenvalue weighted by molar-refractivity contribution is 5.68. The van der Waals surface area contributed by atoms with Gasteiger partial charge in [-0.3, -0.25) is 0 Å². The van der Waals surface area contributed by atoms with Gasteiger partial charge in [-0.05, 0) is 12.5 Å². The summed E-state index contributed by atoms with van der Waals surface area (Å²) in [5.74, 6) is 0. The Kier molecular flexibility index (Phi) is 3.10. The average molecular weight is 171 g/mol. The lowest BCUT2D eigenvalue weighted by atomic mass is 10.3. The quantitative estimate of drug-likeness (QED) is 0.611. The van der Waals surface area contributed by atoms with Crippen molar-refractivity contribution in [2.24, 2.45) is 0 Å². The fourth-order valence-electron chi connectivity index (χ4n) is 1.08. The first-order chi connectivity index (χ1) is 5.77. The van der Waals surface area contributed by atoms with Crippen molar-refractivity contribution in [3.63, 3.8) is 0 Å². The summed E-state index contributed by atoms with van der Waals surface area (Å²) in [5.41, 5.74) is 0.878. The second-order valence-electron chi connectivity index (χ2n) is 2.60. The third-order valence-electron chi connectivity index (χ3n) is 1.72. The van der Waals surface area contributed by atoms with Gasteiger partial charge in [0.15, 0.2) is 0 Å². The van der Waals surface area contributed by atoms with Gasteiger partial charge in [-0.1, -0.05) is 6.08 Å². The highest BCUT2D eigenvalue weighted by Crippen LogP contribution is 2.09. The zero-order chi connectivity index (χ0) is 8.97. The second-order valence-corrected chi connectivity index (χ2v) is 2.60. The maximum Gasteiger partial charge on any atom is 0.410 e. The van der Waals surface area contributed by atoms with E-state index < -0.39 is 0 Å². The maximum atomic E-state index is 11.1. The molecule has 0 saturated heterocycles. The summed E-state index contributed by atoms with van der Waals surface area (Å²) in [4.78, 5) is 12.6. The van der Waals surface area contributed by atoms with Crippen molar-refractivity contribution in [2.45, 2.75) is 6.92 Å². The second kappa shape index (κ2) is 4.11. The molecule has 0 fully saturated rings. The van der Waals surface area contributed by atoms with E-state index in [0.29, 0.717) is 19.7 Å². The topological polar surface area (TPSA) is 49.8 Å². The fourth-order valence-corrected chi connectivity index (χ4v) is 1.08. The molecular weight excluding hydrogens is 158 g/mol. The zero-order valence-electron chi connectivity index (χ0n) is 7.12. The lowest BCUT2D eigenvalue weighted by Crippen LogP contribution is -2.29. The summed E-state index contributed by atoms with van der Waals surface area (Å²) >= 11 is 0. The number of ether oxygens (including phenoxy) is 1. The molecule has 0 atom stereocenters. The third kappa shape index (κ3) is 1.98. The molecule has 0 aromatic heterocycles. The third-order valence-corrected chi connectivity index (χ3v) is 1.72. The summed E-state index contributed by atoms with van der Waals surface area (Å²) in [6.45, 7) is 3.23. The van der Waals surface area contributed by atoms with E-state index in [1.54, 1.807) is 11.8 Å². The van der Waals surface area contributed by atoms with Crippen molar-refractivity contribution in [2.75, 3.05) is 26.3 Å². The van der Waals surface area contributed by atoms with Crippen LogP contribution in [0.2, 0.25) is 0 Å².